The number of halogens is 1. The van der Waals surface area contributed by atoms with Gasteiger partial charge in [-0.2, -0.15) is 9.93 Å². The minimum atomic E-state index is -0.370. The average Bonchev–Trinajstić information content (AvgIpc) is 3.49. The van der Waals surface area contributed by atoms with Gasteiger partial charge in [-0.25, -0.2) is 9.07 Å². The van der Waals surface area contributed by atoms with Crippen molar-refractivity contribution in [2.75, 3.05) is 13.1 Å². The van der Waals surface area contributed by atoms with Gasteiger partial charge in [-0.15, -0.1) is 6.42 Å². The summed E-state index contributed by atoms with van der Waals surface area (Å²) in [5.41, 5.74) is 5.66. The van der Waals surface area contributed by atoms with Gasteiger partial charge in [0.15, 0.2) is 0 Å². The van der Waals surface area contributed by atoms with Crippen LogP contribution in [0.15, 0.2) is 59.8 Å². The Kier molecular flexibility index (Phi) is 6.77. The highest BCUT2D eigenvalue weighted by molar-refractivity contribution is 7.97. The number of amides is 2. The first kappa shape index (κ1) is 22.6. The smallest absolute Gasteiger partial charge is 0.298 e. The van der Waals surface area contributed by atoms with Gasteiger partial charge >= 0.3 is 0 Å². The summed E-state index contributed by atoms with van der Waals surface area (Å²) >= 11 is 0.981. The summed E-state index contributed by atoms with van der Waals surface area (Å²) in [6.45, 7) is 3.10. The minimum Gasteiger partial charge on any atom is -0.331 e. The van der Waals surface area contributed by atoms with Crippen LogP contribution in [0, 0.1) is 25.1 Å². The zero-order valence-corrected chi connectivity index (χ0v) is 18.7. The second kappa shape index (κ2) is 9.90. The lowest BCUT2D eigenvalue weighted by Gasteiger charge is -2.12. The molecule has 1 aromatic heterocycles. The third-order valence-electron chi connectivity index (χ3n) is 5.42. The fraction of sp³-hybridized carbons (Fsp3) is 0.208. The highest BCUT2D eigenvalue weighted by Gasteiger charge is 2.27. The summed E-state index contributed by atoms with van der Waals surface area (Å²) in [5, 5.41) is 4.45. The molecule has 2 N–H and O–H groups in total. The molecule has 2 heterocycles. The molecule has 1 aliphatic heterocycles. The third-order valence-corrected chi connectivity index (χ3v) is 6.18. The van der Waals surface area contributed by atoms with E-state index in [0.717, 1.165) is 35.2 Å². The molecule has 2 amide bonds. The van der Waals surface area contributed by atoms with E-state index in [1.165, 1.54) is 6.07 Å². The van der Waals surface area contributed by atoms with E-state index in [1.807, 2.05) is 19.2 Å². The quantitative estimate of drug-likeness (QED) is 0.333. The highest BCUT2D eigenvalue weighted by atomic mass is 32.2. The number of nitrogens with one attached hydrogen (secondary N) is 2. The van der Waals surface area contributed by atoms with Crippen LogP contribution in [-0.2, 0) is 4.79 Å². The monoisotopic (exact) mass is 463 g/mol. The molecule has 0 saturated carbocycles. The van der Waals surface area contributed by atoms with Crippen molar-refractivity contribution in [2.45, 2.75) is 24.2 Å². The van der Waals surface area contributed by atoms with Gasteiger partial charge in [-0.05, 0) is 72.7 Å². The van der Waals surface area contributed by atoms with Crippen LogP contribution >= 0.6 is 11.9 Å². The first-order valence-corrected chi connectivity index (χ1v) is 11.1. The zero-order chi connectivity index (χ0) is 23.4. The van der Waals surface area contributed by atoms with E-state index >= 15 is 0 Å². The molecule has 7 nitrogen and oxygen atoms in total. The number of carbonyl (C=O) groups is 2. The number of carbonyl (C=O) groups excluding carboxylic acids is 2. The van der Waals surface area contributed by atoms with Crippen LogP contribution in [0.2, 0.25) is 0 Å². The molecule has 1 saturated heterocycles. The van der Waals surface area contributed by atoms with E-state index in [0.29, 0.717) is 23.5 Å². The predicted octanol–water partition coefficient (Wildman–Crippen LogP) is 3.21. The van der Waals surface area contributed by atoms with Crippen LogP contribution in [0.5, 0.6) is 0 Å². The molecular weight excluding hydrogens is 441 g/mol. The van der Waals surface area contributed by atoms with Gasteiger partial charge in [0, 0.05) is 30.8 Å². The molecule has 4 rings (SSSR count). The van der Waals surface area contributed by atoms with Crippen LogP contribution in [0.4, 0.5) is 4.39 Å². The molecule has 1 atom stereocenters. The largest absolute Gasteiger partial charge is 0.331 e. The number of hydrazine groups is 1. The summed E-state index contributed by atoms with van der Waals surface area (Å²) < 4.78 is 15.4. The van der Waals surface area contributed by atoms with Crippen molar-refractivity contribution in [3.8, 4) is 18.0 Å². The Morgan fingerprint density at radius 1 is 1.27 bits per heavy atom. The molecule has 1 unspecified atom stereocenters. The standard InChI is InChI=1S/C24H22FN5O2S/c1-3-23(31)29-9-8-17(14-29)19-13-26-30(15-19)20-11-16(2)10-18(12-20)24(32)27-28-33-22-7-5-4-6-21(22)25/h1,4-7,10-13,15,17,28H,8-9,14H2,2H3,(H,27,32). The van der Waals surface area contributed by atoms with Crippen LogP contribution < -0.4 is 10.3 Å². The Bertz CT molecular complexity index is 1240. The molecule has 3 aromatic rings. The Hall–Kier alpha value is -3.61. The number of nitrogens with zero attached hydrogens (tertiary/aromatic N) is 3. The first-order chi connectivity index (χ1) is 15.9. The van der Waals surface area contributed by atoms with E-state index in [9.17, 15) is 14.0 Å². The first-order valence-electron chi connectivity index (χ1n) is 10.3. The Morgan fingerprint density at radius 3 is 2.88 bits per heavy atom. The van der Waals surface area contributed by atoms with Crippen molar-refractivity contribution in [1.82, 2.24) is 24.9 Å². The average molecular weight is 464 g/mol. The lowest BCUT2D eigenvalue weighted by atomic mass is 10.0. The van der Waals surface area contributed by atoms with Crippen molar-refractivity contribution in [2.24, 2.45) is 0 Å². The van der Waals surface area contributed by atoms with Crippen molar-refractivity contribution < 1.29 is 14.0 Å². The molecule has 0 aliphatic carbocycles. The van der Waals surface area contributed by atoms with Crippen LogP contribution in [0.25, 0.3) is 5.69 Å². The fourth-order valence-corrected chi connectivity index (χ4v) is 4.32. The number of terminal acetylenes is 1. The summed E-state index contributed by atoms with van der Waals surface area (Å²) in [4.78, 5) is 29.1. The summed E-state index contributed by atoms with van der Waals surface area (Å²) in [6.07, 6.45) is 9.74. The number of hydrogen-bond donors (Lipinski definition) is 2. The van der Waals surface area contributed by atoms with Gasteiger partial charge in [0.2, 0.25) is 0 Å². The van der Waals surface area contributed by atoms with Gasteiger partial charge in [0.1, 0.15) is 5.82 Å². The Balaban J connectivity index is 1.43. The third kappa shape index (κ3) is 5.25. The van der Waals surface area contributed by atoms with Gasteiger partial charge in [0.05, 0.1) is 16.8 Å². The van der Waals surface area contributed by atoms with Gasteiger partial charge in [0.25, 0.3) is 11.8 Å². The van der Waals surface area contributed by atoms with Crippen LogP contribution in [0.3, 0.4) is 0 Å². The van der Waals surface area contributed by atoms with Gasteiger partial charge < -0.3 is 4.90 Å². The molecule has 2 aromatic carbocycles. The maximum atomic E-state index is 13.7. The molecule has 168 valence electrons. The Morgan fingerprint density at radius 2 is 2.09 bits per heavy atom. The highest BCUT2D eigenvalue weighted by Crippen LogP contribution is 2.27. The summed E-state index contributed by atoms with van der Waals surface area (Å²) in [7, 11) is 0. The van der Waals surface area contributed by atoms with Crippen molar-refractivity contribution in [1.29, 1.82) is 0 Å². The maximum absolute atomic E-state index is 13.7. The number of aromatic nitrogens is 2. The number of hydrogen-bond acceptors (Lipinski definition) is 5. The van der Waals surface area contributed by atoms with Crippen molar-refractivity contribution in [3.63, 3.8) is 0 Å². The SMILES string of the molecule is C#CC(=O)N1CCC(c2cnn(-c3cc(C)cc(C(=O)NNSc4ccccc4F)c3)c2)C1. The van der Waals surface area contributed by atoms with Gasteiger partial charge in [-0.3, -0.25) is 15.0 Å². The van der Waals surface area contributed by atoms with Crippen LogP contribution in [-0.4, -0.2) is 39.6 Å². The van der Waals surface area contributed by atoms with Crippen molar-refractivity contribution in [3.05, 3.63) is 77.4 Å². The Labute approximate surface area is 195 Å². The minimum absolute atomic E-state index is 0.170. The van der Waals surface area contributed by atoms with Crippen LogP contribution in [0.1, 0.15) is 33.8 Å². The van der Waals surface area contributed by atoms with Gasteiger partial charge in [-0.1, -0.05) is 12.1 Å². The number of benzene rings is 2. The van der Waals surface area contributed by atoms with Crippen molar-refractivity contribution >= 4 is 23.8 Å². The lowest BCUT2D eigenvalue weighted by molar-refractivity contribution is -0.124. The molecular formula is C24H22FN5O2S. The zero-order valence-electron chi connectivity index (χ0n) is 17.9. The second-order valence-corrected chi connectivity index (χ2v) is 8.59. The lowest BCUT2D eigenvalue weighted by Crippen LogP contribution is -2.32. The summed E-state index contributed by atoms with van der Waals surface area (Å²) in [5.74, 6) is 1.32. The number of rotatable bonds is 6. The molecule has 9 heteroatoms. The fourth-order valence-electron chi connectivity index (χ4n) is 3.75. The molecule has 0 bridgehead atoms. The summed E-state index contributed by atoms with van der Waals surface area (Å²) in [6, 6.07) is 11.7. The molecule has 0 spiro atoms. The molecule has 33 heavy (non-hydrogen) atoms. The normalized spacial score (nSPS) is 15.3. The van der Waals surface area contributed by atoms with E-state index in [1.54, 1.807) is 46.1 Å². The molecule has 1 aliphatic rings. The maximum Gasteiger partial charge on any atom is 0.298 e. The molecule has 1 fully saturated rings. The number of likely N-dealkylation sites (tertiary alicyclic amines) is 1. The topological polar surface area (TPSA) is 79.3 Å². The van der Waals surface area contributed by atoms with E-state index in [2.05, 4.69) is 21.3 Å². The number of aryl methyl sites for hydroxylation is 1. The van der Waals surface area contributed by atoms with E-state index in [-0.39, 0.29) is 23.5 Å². The van der Waals surface area contributed by atoms with E-state index in [4.69, 9.17) is 6.42 Å². The molecule has 0 radical (unpaired) electrons. The predicted molar refractivity (Wildman–Crippen MR) is 124 cm³/mol. The second-order valence-electron chi connectivity index (χ2n) is 7.75. The van der Waals surface area contributed by atoms with E-state index < -0.39 is 0 Å².